The summed E-state index contributed by atoms with van der Waals surface area (Å²) in [6.07, 6.45) is 2.35. The zero-order valence-corrected chi connectivity index (χ0v) is 11.1. The van der Waals surface area contributed by atoms with E-state index in [0.29, 0.717) is 12.0 Å². The second-order valence-electron chi connectivity index (χ2n) is 4.45. The van der Waals surface area contributed by atoms with Gasteiger partial charge in [0.1, 0.15) is 5.52 Å². The van der Waals surface area contributed by atoms with Crippen molar-refractivity contribution in [3.05, 3.63) is 22.7 Å². The van der Waals surface area contributed by atoms with Crippen LogP contribution in [0.2, 0.25) is 0 Å². The number of rotatable bonds is 1. The third-order valence-electron chi connectivity index (χ3n) is 3.33. The van der Waals surface area contributed by atoms with E-state index in [0.717, 1.165) is 35.0 Å². The number of benzene rings is 1. The molecule has 3 rings (SSSR count). The van der Waals surface area contributed by atoms with Gasteiger partial charge in [0.25, 0.3) is 0 Å². The number of nitrogens with zero attached hydrogens (tertiary/aromatic N) is 2. The molecule has 0 radical (unpaired) electrons. The molecule has 2 heterocycles. The van der Waals surface area contributed by atoms with Gasteiger partial charge in [0.15, 0.2) is 0 Å². The minimum Gasteiger partial charge on any atom is -0.369 e. The van der Waals surface area contributed by atoms with Gasteiger partial charge in [-0.15, -0.1) is 0 Å². The zero-order valence-electron chi connectivity index (χ0n) is 9.49. The van der Waals surface area contributed by atoms with Crippen molar-refractivity contribution in [2.24, 2.45) is 0 Å². The lowest BCUT2D eigenvalue weighted by molar-refractivity contribution is 0.381. The van der Waals surface area contributed by atoms with Crippen molar-refractivity contribution < 1.29 is 0 Å². The van der Waals surface area contributed by atoms with E-state index in [9.17, 15) is 0 Å². The van der Waals surface area contributed by atoms with Crippen molar-refractivity contribution in [1.82, 2.24) is 14.9 Å². The number of nitrogen functional groups attached to an aromatic ring is 1. The van der Waals surface area contributed by atoms with E-state index in [1.807, 2.05) is 12.1 Å². The standard InChI is InChI=1S/C12H15BrN4/c13-9-4-1-5-10-11(9)16-12(14)17(10)8-3-2-6-15-7-8/h1,4-5,8,15H,2-3,6-7H2,(H2,14,16). The monoisotopic (exact) mass is 294 g/mol. The number of imidazole rings is 1. The van der Waals surface area contributed by atoms with Crippen molar-refractivity contribution in [2.45, 2.75) is 18.9 Å². The Hall–Kier alpha value is -1.07. The van der Waals surface area contributed by atoms with Crippen LogP contribution in [0, 0.1) is 0 Å². The lowest BCUT2D eigenvalue weighted by atomic mass is 10.1. The first-order valence-electron chi connectivity index (χ1n) is 5.90. The highest BCUT2D eigenvalue weighted by atomic mass is 79.9. The van der Waals surface area contributed by atoms with E-state index in [4.69, 9.17) is 5.73 Å². The fourth-order valence-corrected chi connectivity index (χ4v) is 2.98. The molecule has 1 aliphatic rings. The number of nitrogens with two attached hydrogens (primary N) is 1. The summed E-state index contributed by atoms with van der Waals surface area (Å²) in [5.41, 5.74) is 8.13. The van der Waals surface area contributed by atoms with Crippen LogP contribution in [0.3, 0.4) is 0 Å². The molecule has 0 saturated carbocycles. The zero-order chi connectivity index (χ0) is 11.8. The number of anilines is 1. The van der Waals surface area contributed by atoms with Gasteiger partial charge in [-0.05, 0) is 47.4 Å². The molecule has 0 spiro atoms. The molecule has 1 aliphatic heterocycles. The Balaban J connectivity index is 2.14. The molecule has 4 nitrogen and oxygen atoms in total. The van der Waals surface area contributed by atoms with E-state index in [1.54, 1.807) is 0 Å². The fourth-order valence-electron chi connectivity index (χ4n) is 2.54. The molecule has 1 aromatic heterocycles. The van der Waals surface area contributed by atoms with Crippen LogP contribution in [-0.4, -0.2) is 22.6 Å². The molecule has 1 saturated heterocycles. The SMILES string of the molecule is Nc1nc2c(Br)cccc2n1C1CCCNC1. The average Bonchev–Trinajstić information content (AvgIpc) is 2.68. The Morgan fingerprint density at radius 2 is 2.35 bits per heavy atom. The van der Waals surface area contributed by atoms with Crippen LogP contribution in [0.25, 0.3) is 11.0 Å². The summed E-state index contributed by atoms with van der Waals surface area (Å²) in [5, 5.41) is 3.41. The van der Waals surface area contributed by atoms with Crippen molar-refractivity contribution in [3.63, 3.8) is 0 Å². The van der Waals surface area contributed by atoms with Gasteiger partial charge in [-0.3, -0.25) is 0 Å². The molecule has 0 bridgehead atoms. The summed E-state index contributed by atoms with van der Waals surface area (Å²) in [5.74, 6) is 0.612. The molecule has 1 unspecified atom stereocenters. The highest BCUT2D eigenvalue weighted by Crippen LogP contribution is 2.30. The Morgan fingerprint density at radius 1 is 1.47 bits per heavy atom. The van der Waals surface area contributed by atoms with E-state index < -0.39 is 0 Å². The number of aromatic nitrogens is 2. The second-order valence-corrected chi connectivity index (χ2v) is 5.30. The summed E-state index contributed by atoms with van der Waals surface area (Å²) in [6.45, 7) is 2.08. The largest absolute Gasteiger partial charge is 0.369 e. The molecule has 0 aliphatic carbocycles. The summed E-state index contributed by atoms with van der Waals surface area (Å²) in [6, 6.07) is 6.53. The van der Waals surface area contributed by atoms with Crippen molar-refractivity contribution in [2.75, 3.05) is 18.8 Å². The lowest BCUT2D eigenvalue weighted by Crippen LogP contribution is -2.32. The first-order chi connectivity index (χ1) is 8.27. The van der Waals surface area contributed by atoms with Crippen LogP contribution < -0.4 is 11.1 Å². The number of piperidine rings is 1. The second kappa shape index (κ2) is 4.31. The van der Waals surface area contributed by atoms with Crippen molar-refractivity contribution >= 4 is 32.9 Å². The quantitative estimate of drug-likeness (QED) is 0.849. The molecule has 1 atom stereocenters. The first kappa shape index (κ1) is 11.0. The van der Waals surface area contributed by atoms with Gasteiger partial charge in [0, 0.05) is 17.1 Å². The minimum atomic E-state index is 0.419. The van der Waals surface area contributed by atoms with Crippen molar-refractivity contribution in [1.29, 1.82) is 0 Å². The van der Waals surface area contributed by atoms with Crippen LogP contribution in [0.1, 0.15) is 18.9 Å². The first-order valence-corrected chi connectivity index (χ1v) is 6.69. The molecule has 1 fully saturated rings. The van der Waals surface area contributed by atoms with Gasteiger partial charge in [0.05, 0.1) is 5.52 Å². The molecular formula is C12H15BrN4. The maximum Gasteiger partial charge on any atom is 0.201 e. The summed E-state index contributed by atoms with van der Waals surface area (Å²) >= 11 is 3.52. The predicted molar refractivity (Wildman–Crippen MR) is 73.0 cm³/mol. The average molecular weight is 295 g/mol. The van der Waals surface area contributed by atoms with E-state index >= 15 is 0 Å². The summed E-state index contributed by atoms with van der Waals surface area (Å²) in [7, 11) is 0. The number of fused-ring (bicyclic) bond motifs is 1. The molecule has 90 valence electrons. The molecular weight excluding hydrogens is 280 g/mol. The van der Waals surface area contributed by atoms with Crippen LogP contribution in [0.5, 0.6) is 0 Å². The maximum absolute atomic E-state index is 6.06. The molecule has 1 aromatic carbocycles. The summed E-state index contributed by atoms with van der Waals surface area (Å²) in [4.78, 5) is 4.45. The lowest BCUT2D eigenvalue weighted by Gasteiger charge is -2.25. The molecule has 3 N–H and O–H groups in total. The Morgan fingerprint density at radius 3 is 3.12 bits per heavy atom. The molecule has 2 aromatic rings. The number of para-hydroxylation sites is 1. The normalized spacial score (nSPS) is 20.9. The van der Waals surface area contributed by atoms with E-state index in [2.05, 4.69) is 36.9 Å². The number of nitrogens with one attached hydrogen (secondary N) is 1. The third kappa shape index (κ3) is 1.83. The van der Waals surface area contributed by atoms with Crippen LogP contribution in [-0.2, 0) is 0 Å². The Kier molecular flexibility index (Phi) is 2.80. The minimum absolute atomic E-state index is 0.419. The van der Waals surface area contributed by atoms with Crippen molar-refractivity contribution in [3.8, 4) is 0 Å². The number of hydrogen-bond acceptors (Lipinski definition) is 3. The molecule has 5 heteroatoms. The molecule has 0 amide bonds. The van der Waals surface area contributed by atoms with Gasteiger partial charge < -0.3 is 15.6 Å². The highest BCUT2D eigenvalue weighted by Gasteiger charge is 2.20. The predicted octanol–water partition coefficient (Wildman–Crippen LogP) is 2.31. The van der Waals surface area contributed by atoms with Crippen LogP contribution in [0.4, 0.5) is 5.95 Å². The van der Waals surface area contributed by atoms with E-state index in [1.165, 1.54) is 6.42 Å². The topological polar surface area (TPSA) is 55.9 Å². The smallest absolute Gasteiger partial charge is 0.201 e. The Labute approximate surface area is 108 Å². The molecule has 17 heavy (non-hydrogen) atoms. The van der Waals surface area contributed by atoms with Gasteiger partial charge in [-0.1, -0.05) is 6.07 Å². The van der Waals surface area contributed by atoms with Gasteiger partial charge >= 0.3 is 0 Å². The van der Waals surface area contributed by atoms with Gasteiger partial charge in [-0.2, -0.15) is 0 Å². The number of halogens is 1. The van der Waals surface area contributed by atoms with Crippen LogP contribution in [0.15, 0.2) is 22.7 Å². The Bertz CT molecular complexity index is 543. The maximum atomic E-state index is 6.06. The van der Waals surface area contributed by atoms with Gasteiger partial charge in [-0.25, -0.2) is 4.98 Å². The number of hydrogen-bond donors (Lipinski definition) is 2. The fraction of sp³-hybridized carbons (Fsp3) is 0.417. The summed E-state index contributed by atoms with van der Waals surface area (Å²) < 4.78 is 3.16. The van der Waals surface area contributed by atoms with Gasteiger partial charge in [0.2, 0.25) is 5.95 Å². The van der Waals surface area contributed by atoms with E-state index in [-0.39, 0.29) is 0 Å². The highest BCUT2D eigenvalue weighted by molar-refractivity contribution is 9.10. The third-order valence-corrected chi connectivity index (χ3v) is 3.97. The van der Waals surface area contributed by atoms with Crippen LogP contribution >= 0.6 is 15.9 Å².